The second-order valence-electron chi connectivity index (χ2n) is 15.7. The van der Waals surface area contributed by atoms with Crippen LogP contribution in [0.4, 0.5) is 0 Å². The highest BCUT2D eigenvalue weighted by molar-refractivity contribution is 6.09. The summed E-state index contributed by atoms with van der Waals surface area (Å²) in [4.78, 5) is 10.5. The van der Waals surface area contributed by atoms with Crippen molar-refractivity contribution in [3.8, 4) is 67.3 Å². The van der Waals surface area contributed by atoms with Gasteiger partial charge in [0.25, 0.3) is 0 Å². The molecule has 1 heterocycles. The normalized spacial score (nSPS) is 12.9. The molecule has 1 aliphatic rings. The molecule has 9 aromatic carbocycles. The lowest BCUT2D eigenvalue weighted by Gasteiger charge is -2.25. The number of hydrogen-bond donors (Lipinski definition) is 0. The van der Waals surface area contributed by atoms with Crippen LogP contribution in [-0.4, -0.2) is 9.97 Å². The molecule has 0 saturated heterocycles. The fraction of sp³-hybridized carbons (Fsp3) is 0.0545. The number of nitrogens with zero attached hydrogens (tertiary/aromatic N) is 2. The Kier molecular flexibility index (Phi) is 7.55. The van der Waals surface area contributed by atoms with E-state index < -0.39 is 0 Å². The summed E-state index contributed by atoms with van der Waals surface area (Å²) in [5, 5.41) is 7.46. The molecule has 2 heteroatoms. The van der Waals surface area contributed by atoms with Gasteiger partial charge in [0.1, 0.15) is 0 Å². The maximum atomic E-state index is 5.28. The van der Waals surface area contributed by atoms with Crippen LogP contribution in [-0.2, 0) is 5.41 Å². The van der Waals surface area contributed by atoms with E-state index >= 15 is 0 Å². The van der Waals surface area contributed by atoms with E-state index in [1.165, 1.54) is 76.8 Å². The molecule has 268 valence electrons. The van der Waals surface area contributed by atoms with Gasteiger partial charge in [0.2, 0.25) is 0 Å². The first kappa shape index (κ1) is 33.2. The Morgan fingerprint density at radius 3 is 1.70 bits per heavy atom. The molecule has 2 nitrogen and oxygen atoms in total. The number of hydrogen-bond acceptors (Lipinski definition) is 2. The Morgan fingerprint density at radius 2 is 0.912 bits per heavy atom. The van der Waals surface area contributed by atoms with Gasteiger partial charge in [-0.15, -0.1) is 0 Å². The lowest BCUT2D eigenvalue weighted by Crippen LogP contribution is -2.16. The Hall–Kier alpha value is -7.16. The molecule has 57 heavy (non-hydrogen) atoms. The highest BCUT2D eigenvalue weighted by Crippen LogP contribution is 2.55. The van der Waals surface area contributed by atoms with Crippen molar-refractivity contribution in [2.75, 3.05) is 0 Å². The first-order valence-corrected chi connectivity index (χ1v) is 19.7. The lowest BCUT2D eigenvalue weighted by atomic mass is 9.78. The van der Waals surface area contributed by atoms with Crippen molar-refractivity contribution in [1.29, 1.82) is 0 Å². The predicted octanol–water partition coefficient (Wildman–Crippen LogP) is 14.6. The van der Waals surface area contributed by atoms with Crippen LogP contribution in [0, 0.1) is 0 Å². The van der Waals surface area contributed by atoms with Crippen LogP contribution in [0.5, 0.6) is 0 Å². The Morgan fingerprint density at radius 1 is 0.351 bits per heavy atom. The molecular weight excluding hydrogens is 689 g/mol. The van der Waals surface area contributed by atoms with Crippen molar-refractivity contribution in [2.45, 2.75) is 19.3 Å². The third-order valence-corrected chi connectivity index (χ3v) is 12.1. The fourth-order valence-electron chi connectivity index (χ4n) is 9.38. The molecular formula is C55H38N2. The van der Waals surface area contributed by atoms with E-state index in [1.54, 1.807) is 0 Å². The minimum Gasteiger partial charge on any atom is -0.228 e. The van der Waals surface area contributed by atoms with Crippen molar-refractivity contribution in [1.82, 2.24) is 9.97 Å². The molecule has 0 spiro atoms. The van der Waals surface area contributed by atoms with Gasteiger partial charge in [-0.1, -0.05) is 202 Å². The van der Waals surface area contributed by atoms with Gasteiger partial charge in [-0.05, 0) is 82.9 Å². The standard InChI is InChI=1S/C55H38N2/c1-55(2)49-33-30-36-15-7-9-20-42(36)52(49)48-25-13-24-47(53(48)55)45-31-32-46(44-22-11-10-21-43(44)45)51-34-50(56-54(57-51)39-16-4-3-5-17-39)38-28-26-37(27-29-38)41-23-12-18-35-14-6-8-19-40(35)41/h3-34H,1-2H3. The van der Waals surface area contributed by atoms with Crippen molar-refractivity contribution in [3.63, 3.8) is 0 Å². The third kappa shape index (κ3) is 5.33. The van der Waals surface area contributed by atoms with Gasteiger partial charge < -0.3 is 0 Å². The van der Waals surface area contributed by atoms with Gasteiger partial charge in [-0.25, -0.2) is 9.97 Å². The predicted molar refractivity (Wildman–Crippen MR) is 239 cm³/mol. The zero-order valence-electron chi connectivity index (χ0n) is 31.9. The van der Waals surface area contributed by atoms with Crippen LogP contribution in [0.25, 0.3) is 99.6 Å². The van der Waals surface area contributed by atoms with E-state index in [0.29, 0.717) is 5.82 Å². The number of aromatic nitrogens is 2. The monoisotopic (exact) mass is 726 g/mol. The second-order valence-corrected chi connectivity index (χ2v) is 15.7. The number of rotatable bonds is 5. The van der Waals surface area contributed by atoms with Crippen LogP contribution < -0.4 is 0 Å². The molecule has 0 saturated carbocycles. The maximum Gasteiger partial charge on any atom is 0.160 e. The van der Waals surface area contributed by atoms with Gasteiger partial charge in [0.05, 0.1) is 11.4 Å². The van der Waals surface area contributed by atoms with E-state index in [4.69, 9.17) is 9.97 Å². The first-order chi connectivity index (χ1) is 28.0. The highest BCUT2D eigenvalue weighted by Gasteiger charge is 2.38. The molecule has 0 bridgehead atoms. The van der Waals surface area contributed by atoms with Crippen LogP contribution in [0.2, 0.25) is 0 Å². The van der Waals surface area contributed by atoms with Gasteiger partial charge in [-0.2, -0.15) is 0 Å². The van der Waals surface area contributed by atoms with E-state index in [9.17, 15) is 0 Å². The fourth-order valence-corrected chi connectivity index (χ4v) is 9.38. The third-order valence-electron chi connectivity index (χ3n) is 12.1. The van der Waals surface area contributed by atoms with Crippen LogP contribution >= 0.6 is 0 Å². The molecule has 1 aromatic heterocycles. The molecule has 0 atom stereocenters. The average Bonchev–Trinajstić information content (AvgIpc) is 3.52. The molecule has 0 unspecified atom stereocenters. The Labute approximate surface area is 332 Å². The maximum absolute atomic E-state index is 5.28. The summed E-state index contributed by atoms with van der Waals surface area (Å²) < 4.78 is 0. The van der Waals surface area contributed by atoms with Crippen LogP contribution in [0.15, 0.2) is 194 Å². The Balaban J connectivity index is 1.06. The van der Waals surface area contributed by atoms with E-state index in [0.717, 1.165) is 28.1 Å². The molecule has 0 N–H and O–H groups in total. The first-order valence-electron chi connectivity index (χ1n) is 19.7. The molecule has 0 amide bonds. The van der Waals surface area contributed by atoms with E-state index in [-0.39, 0.29) is 5.41 Å². The minimum atomic E-state index is -0.166. The van der Waals surface area contributed by atoms with E-state index in [1.807, 2.05) is 6.07 Å². The van der Waals surface area contributed by atoms with Gasteiger partial charge in [0, 0.05) is 22.1 Å². The van der Waals surface area contributed by atoms with Crippen molar-refractivity contribution in [2.24, 2.45) is 0 Å². The van der Waals surface area contributed by atoms with Crippen LogP contribution in [0.3, 0.4) is 0 Å². The minimum absolute atomic E-state index is 0.166. The highest BCUT2D eigenvalue weighted by atomic mass is 14.9. The second kappa shape index (κ2) is 13.0. The van der Waals surface area contributed by atoms with Crippen molar-refractivity contribution < 1.29 is 0 Å². The number of fused-ring (bicyclic) bond motifs is 7. The lowest BCUT2D eigenvalue weighted by molar-refractivity contribution is 0.662. The summed E-state index contributed by atoms with van der Waals surface area (Å²) in [6, 6.07) is 70.0. The molecule has 10 aromatic rings. The summed E-state index contributed by atoms with van der Waals surface area (Å²) in [6.07, 6.45) is 0. The van der Waals surface area contributed by atoms with Crippen molar-refractivity contribution in [3.05, 3.63) is 205 Å². The largest absolute Gasteiger partial charge is 0.228 e. The summed E-state index contributed by atoms with van der Waals surface area (Å²) in [5.41, 5.74) is 15.1. The van der Waals surface area contributed by atoms with Crippen molar-refractivity contribution >= 4 is 32.3 Å². The van der Waals surface area contributed by atoms with E-state index in [2.05, 4.69) is 202 Å². The zero-order chi connectivity index (χ0) is 38.1. The Bertz CT molecular complexity index is 3190. The molecule has 1 aliphatic carbocycles. The quantitative estimate of drug-likeness (QED) is 0.176. The van der Waals surface area contributed by atoms with Gasteiger partial charge >= 0.3 is 0 Å². The molecule has 0 aliphatic heterocycles. The summed E-state index contributed by atoms with van der Waals surface area (Å²) >= 11 is 0. The average molecular weight is 727 g/mol. The van der Waals surface area contributed by atoms with Gasteiger partial charge in [-0.3, -0.25) is 0 Å². The van der Waals surface area contributed by atoms with Crippen LogP contribution in [0.1, 0.15) is 25.0 Å². The molecule has 0 radical (unpaired) electrons. The molecule has 11 rings (SSSR count). The summed E-state index contributed by atoms with van der Waals surface area (Å²) in [5.74, 6) is 0.710. The SMILES string of the molecule is CC1(C)c2ccc3ccccc3c2-c2cccc(-c3ccc(-c4cc(-c5ccc(-c6cccc7ccccc67)cc5)nc(-c5ccccc5)n4)c4ccccc34)c21. The number of benzene rings is 9. The summed E-state index contributed by atoms with van der Waals surface area (Å²) in [7, 11) is 0. The summed E-state index contributed by atoms with van der Waals surface area (Å²) in [6.45, 7) is 4.77. The topological polar surface area (TPSA) is 25.8 Å². The zero-order valence-corrected chi connectivity index (χ0v) is 31.9. The van der Waals surface area contributed by atoms with Gasteiger partial charge in [0.15, 0.2) is 5.82 Å². The smallest absolute Gasteiger partial charge is 0.160 e. The molecule has 0 fully saturated rings.